The lowest BCUT2D eigenvalue weighted by Crippen LogP contribution is -2.23. The zero-order valence-corrected chi connectivity index (χ0v) is 17.6. The number of amides is 3. The van der Waals surface area contributed by atoms with E-state index in [1.165, 1.54) is 24.3 Å². The number of carbonyl (C=O) groups excluding carboxylic acids is 2. The average molecular weight is 439 g/mol. The highest BCUT2D eigenvalue weighted by molar-refractivity contribution is 7.92. The lowest BCUT2D eigenvalue weighted by Gasteiger charge is -2.10. The van der Waals surface area contributed by atoms with Gasteiger partial charge < -0.3 is 16.4 Å². The minimum absolute atomic E-state index is 0.0576. The Morgan fingerprint density at radius 1 is 0.839 bits per heavy atom. The van der Waals surface area contributed by atoms with Crippen molar-refractivity contribution in [1.82, 2.24) is 5.32 Å². The van der Waals surface area contributed by atoms with Gasteiger partial charge in [-0.3, -0.25) is 9.52 Å². The second-order valence-corrected chi connectivity index (χ2v) is 8.55. The molecule has 0 aromatic heterocycles. The lowest BCUT2D eigenvalue weighted by atomic mass is 10.2. The van der Waals surface area contributed by atoms with Crippen LogP contribution in [-0.4, -0.2) is 20.4 Å². The Balaban J connectivity index is 1.60. The molecule has 0 bridgehead atoms. The number of anilines is 2. The summed E-state index contributed by atoms with van der Waals surface area (Å²) in [4.78, 5) is 23.2. The summed E-state index contributed by atoms with van der Waals surface area (Å²) in [6.45, 7) is 2.18. The van der Waals surface area contributed by atoms with Gasteiger partial charge in [-0.05, 0) is 61.0 Å². The third kappa shape index (κ3) is 6.06. The number of aryl methyl sites for hydroxylation is 1. The van der Waals surface area contributed by atoms with E-state index in [0.717, 1.165) is 11.1 Å². The van der Waals surface area contributed by atoms with Crippen LogP contribution in [0.25, 0.3) is 0 Å². The summed E-state index contributed by atoms with van der Waals surface area (Å²) in [6, 6.07) is 18.9. The Morgan fingerprint density at radius 2 is 1.42 bits per heavy atom. The Labute approximate surface area is 180 Å². The van der Waals surface area contributed by atoms with Crippen molar-refractivity contribution in [1.29, 1.82) is 0 Å². The Bertz CT molecular complexity index is 1170. The summed E-state index contributed by atoms with van der Waals surface area (Å²) in [6.07, 6.45) is 0. The van der Waals surface area contributed by atoms with Gasteiger partial charge in [0.1, 0.15) is 0 Å². The Kier molecular flexibility index (Phi) is 6.56. The molecule has 160 valence electrons. The van der Waals surface area contributed by atoms with Gasteiger partial charge in [-0.2, -0.15) is 0 Å². The molecule has 3 rings (SSSR count). The quantitative estimate of drug-likeness (QED) is 0.451. The van der Waals surface area contributed by atoms with Crippen LogP contribution < -0.4 is 21.1 Å². The van der Waals surface area contributed by atoms with Gasteiger partial charge in [0.25, 0.3) is 15.9 Å². The fraction of sp³-hybridized carbons (Fsp3) is 0.0909. The molecule has 9 heteroatoms. The van der Waals surface area contributed by atoms with Gasteiger partial charge in [-0.25, -0.2) is 13.2 Å². The zero-order valence-electron chi connectivity index (χ0n) is 16.8. The van der Waals surface area contributed by atoms with E-state index in [1.807, 2.05) is 19.1 Å². The van der Waals surface area contributed by atoms with E-state index in [-0.39, 0.29) is 17.3 Å². The maximum atomic E-state index is 12.5. The molecule has 0 aliphatic heterocycles. The molecular formula is C22H22N4O4S. The summed E-state index contributed by atoms with van der Waals surface area (Å²) in [5.74, 6) is -0.338. The minimum atomic E-state index is -3.76. The van der Waals surface area contributed by atoms with Crippen molar-refractivity contribution in [2.45, 2.75) is 18.4 Å². The highest BCUT2D eigenvalue weighted by atomic mass is 32.2. The van der Waals surface area contributed by atoms with Crippen molar-refractivity contribution in [3.05, 3.63) is 89.5 Å². The lowest BCUT2D eigenvalue weighted by molar-refractivity contribution is 0.0951. The minimum Gasteiger partial charge on any atom is -0.351 e. The van der Waals surface area contributed by atoms with E-state index in [4.69, 9.17) is 5.73 Å². The molecule has 3 aromatic rings. The molecule has 0 unspecified atom stereocenters. The number of sulfonamides is 1. The van der Waals surface area contributed by atoms with Gasteiger partial charge in [0.2, 0.25) is 0 Å². The normalized spacial score (nSPS) is 10.9. The molecule has 5 N–H and O–H groups in total. The van der Waals surface area contributed by atoms with E-state index >= 15 is 0 Å². The van der Waals surface area contributed by atoms with Gasteiger partial charge in [0.15, 0.2) is 0 Å². The molecular weight excluding hydrogens is 416 g/mol. The van der Waals surface area contributed by atoms with Crippen molar-refractivity contribution in [2.24, 2.45) is 5.73 Å². The second kappa shape index (κ2) is 9.31. The number of urea groups is 1. The number of benzene rings is 3. The number of hydrogen-bond donors (Lipinski definition) is 4. The zero-order chi connectivity index (χ0) is 22.4. The van der Waals surface area contributed by atoms with Gasteiger partial charge in [-0.15, -0.1) is 0 Å². The molecule has 0 saturated heterocycles. The molecule has 3 amide bonds. The molecule has 0 aliphatic rings. The van der Waals surface area contributed by atoms with E-state index in [9.17, 15) is 18.0 Å². The van der Waals surface area contributed by atoms with E-state index in [1.54, 1.807) is 36.4 Å². The number of primary amides is 1. The van der Waals surface area contributed by atoms with Crippen LogP contribution in [0.5, 0.6) is 0 Å². The summed E-state index contributed by atoms with van der Waals surface area (Å²) in [5, 5.41) is 5.22. The number of nitrogens with one attached hydrogen (secondary N) is 3. The van der Waals surface area contributed by atoms with Crippen molar-refractivity contribution in [3.63, 3.8) is 0 Å². The molecule has 0 atom stereocenters. The largest absolute Gasteiger partial charge is 0.351 e. The first-order valence-electron chi connectivity index (χ1n) is 9.36. The van der Waals surface area contributed by atoms with Crippen molar-refractivity contribution in [2.75, 3.05) is 10.0 Å². The van der Waals surface area contributed by atoms with Gasteiger partial charge >= 0.3 is 6.03 Å². The number of carbonyl (C=O) groups is 2. The topological polar surface area (TPSA) is 130 Å². The van der Waals surface area contributed by atoms with E-state index in [0.29, 0.717) is 16.9 Å². The summed E-state index contributed by atoms with van der Waals surface area (Å²) < 4.78 is 27.6. The number of hydrogen-bond acceptors (Lipinski definition) is 4. The molecule has 31 heavy (non-hydrogen) atoms. The number of nitrogens with two attached hydrogens (primary N) is 1. The molecule has 0 spiro atoms. The van der Waals surface area contributed by atoms with Crippen LogP contribution in [0, 0.1) is 6.92 Å². The van der Waals surface area contributed by atoms with Crippen molar-refractivity contribution >= 4 is 33.3 Å². The van der Waals surface area contributed by atoms with Crippen molar-refractivity contribution in [3.8, 4) is 0 Å². The molecule has 0 fully saturated rings. The fourth-order valence-electron chi connectivity index (χ4n) is 2.75. The second-order valence-electron chi connectivity index (χ2n) is 6.86. The molecule has 3 aromatic carbocycles. The monoisotopic (exact) mass is 438 g/mol. The van der Waals surface area contributed by atoms with Crippen LogP contribution in [0.15, 0.2) is 77.7 Å². The van der Waals surface area contributed by atoms with Crippen LogP contribution in [0.2, 0.25) is 0 Å². The third-order valence-electron chi connectivity index (χ3n) is 4.41. The summed E-state index contributed by atoms with van der Waals surface area (Å²) in [7, 11) is -3.76. The van der Waals surface area contributed by atoms with Crippen LogP contribution in [-0.2, 0) is 16.6 Å². The third-order valence-corrected chi connectivity index (χ3v) is 5.80. The van der Waals surface area contributed by atoms with Crippen LogP contribution in [0.1, 0.15) is 21.5 Å². The Hall–Kier alpha value is -3.85. The predicted molar refractivity (Wildman–Crippen MR) is 119 cm³/mol. The van der Waals surface area contributed by atoms with Crippen LogP contribution in [0.4, 0.5) is 16.2 Å². The maximum absolute atomic E-state index is 12.5. The van der Waals surface area contributed by atoms with Gasteiger partial charge in [0, 0.05) is 23.5 Å². The van der Waals surface area contributed by atoms with Crippen LogP contribution in [0.3, 0.4) is 0 Å². The fourth-order valence-corrected chi connectivity index (χ4v) is 3.81. The summed E-state index contributed by atoms with van der Waals surface area (Å²) >= 11 is 0. The van der Waals surface area contributed by atoms with E-state index < -0.39 is 16.1 Å². The maximum Gasteiger partial charge on any atom is 0.316 e. The van der Waals surface area contributed by atoms with Crippen molar-refractivity contribution < 1.29 is 18.0 Å². The molecule has 0 saturated carbocycles. The molecule has 0 aliphatic carbocycles. The standard InChI is InChI=1S/C22H22N4O4S/c1-15-2-8-19(9-3-15)26-31(29,30)20-12-6-17(7-13-20)21(27)24-14-16-4-10-18(11-5-16)25-22(23)28/h2-13,26H,14H2,1H3,(H,24,27)(H3,23,25,28). The van der Waals surface area contributed by atoms with Gasteiger partial charge in [0.05, 0.1) is 4.90 Å². The number of rotatable bonds is 7. The highest BCUT2D eigenvalue weighted by Gasteiger charge is 2.15. The SMILES string of the molecule is Cc1ccc(NS(=O)(=O)c2ccc(C(=O)NCc3ccc(NC(N)=O)cc3)cc2)cc1. The van der Waals surface area contributed by atoms with E-state index in [2.05, 4.69) is 15.4 Å². The molecule has 0 radical (unpaired) electrons. The molecule has 0 heterocycles. The predicted octanol–water partition coefficient (Wildman–Crippen LogP) is 3.22. The smallest absolute Gasteiger partial charge is 0.316 e. The first-order valence-corrected chi connectivity index (χ1v) is 10.8. The van der Waals surface area contributed by atoms with Crippen LogP contribution >= 0.6 is 0 Å². The Morgan fingerprint density at radius 3 is 2.00 bits per heavy atom. The van der Waals surface area contributed by atoms with Gasteiger partial charge in [-0.1, -0.05) is 29.8 Å². The first kappa shape index (κ1) is 21.8. The summed E-state index contributed by atoms with van der Waals surface area (Å²) in [5.41, 5.74) is 8.26. The molecule has 8 nitrogen and oxygen atoms in total. The first-order chi connectivity index (χ1) is 14.7. The highest BCUT2D eigenvalue weighted by Crippen LogP contribution is 2.17. The average Bonchev–Trinajstić information content (AvgIpc) is 2.74.